The number of rotatable bonds is 18. The van der Waals surface area contributed by atoms with Gasteiger partial charge in [0.1, 0.15) is 23.9 Å². The van der Waals surface area contributed by atoms with Gasteiger partial charge in [0.05, 0.1) is 6.04 Å². The van der Waals surface area contributed by atoms with E-state index < -0.39 is 60.2 Å². The van der Waals surface area contributed by atoms with Crippen LogP contribution in [0.3, 0.4) is 0 Å². The Morgan fingerprint density at radius 3 is 1.86 bits per heavy atom. The number of benzene rings is 2. The van der Waals surface area contributed by atoms with Gasteiger partial charge in [-0.3, -0.25) is 19.2 Å². The molecular weight excluding hydrogens is 546 g/mol. The molecule has 2 rings (SSSR count). The molecule has 228 valence electrons. The summed E-state index contributed by atoms with van der Waals surface area (Å²) in [6.07, 6.45) is 0.486. The molecule has 0 spiro atoms. The number of nitrogens with one attached hydrogen (secondary N) is 3. The molecule has 42 heavy (non-hydrogen) atoms. The van der Waals surface area contributed by atoms with Gasteiger partial charge >= 0.3 is 11.9 Å². The summed E-state index contributed by atoms with van der Waals surface area (Å²) in [6, 6.07) is 9.90. The maximum atomic E-state index is 13.4. The number of hydrogen-bond acceptors (Lipinski definition) is 8. The summed E-state index contributed by atoms with van der Waals surface area (Å²) in [4.78, 5) is 62.5. The summed E-state index contributed by atoms with van der Waals surface area (Å²) in [5.41, 5.74) is 12.9. The van der Waals surface area contributed by atoms with Gasteiger partial charge in [-0.1, -0.05) is 42.5 Å². The Bertz CT molecular complexity index is 1190. The zero-order valence-corrected chi connectivity index (χ0v) is 23.2. The van der Waals surface area contributed by atoms with Crippen molar-refractivity contribution in [1.29, 1.82) is 0 Å². The highest BCUT2D eigenvalue weighted by atomic mass is 16.4. The van der Waals surface area contributed by atoms with Gasteiger partial charge < -0.3 is 42.7 Å². The maximum Gasteiger partial charge on any atom is 0.326 e. The number of aliphatic carboxylic acids is 2. The molecule has 0 aliphatic heterocycles. The van der Waals surface area contributed by atoms with Crippen molar-refractivity contribution in [1.82, 2.24) is 16.0 Å². The van der Waals surface area contributed by atoms with Crippen LogP contribution in [-0.2, 0) is 36.8 Å². The van der Waals surface area contributed by atoms with Crippen molar-refractivity contribution in [3.63, 3.8) is 0 Å². The summed E-state index contributed by atoms with van der Waals surface area (Å²) in [6.45, 7) is 0.359. The Balaban J connectivity index is 2.23. The standard InChI is InChI=1S/C29H39N5O8/c30-15-5-4-8-23(29(41)42)33-28(40)24(17-19-9-11-20(35)12-10-19)34-27(39)22(13-14-25(36)37)32-26(38)21(31)16-18-6-2-1-3-7-18/h1-3,6-7,9-12,21-24,35H,4-5,8,13-17,30-31H2,(H,32,38)(H,33,40)(H,34,39)(H,36,37)(H,41,42). The van der Waals surface area contributed by atoms with Crippen LogP contribution in [-0.4, -0.2) is 75.7 Å². The molecule has 2 aromatic carbocycles. The third-order valence-corrected chi connectivity index (χ3v) is 6.49. The van der Waals surface area contributed by atoms with Gasteiger partial charge in [-0.25, -0.2) is 4.79 Å². The van der Waals surface area contributed by atoms with Gasteiger partial charge in [0.2, 0.25) is 17.7 Å². The Hall–Kier alpha value is -4.49. The number of hydrogen-bond donors (Lipinski definition) is 8. The van der Waals surface area contributed by atoms with E-state index in [1.54, 1.807) is 24.3 Å². The maximum absolute atomic E-state index is 13.4. The van der Waals surface area contributed by atoms with Crippen molar-refractivity contribution in [2.45, 2.75) is 69.1 Å². The largest absolute Gasteiger partial charge is 0.508 e. The second-order valence-corrected chi connectivity index (χ2v) is 9.91. The van der Waals surface area contributed by atoms with E-state index in [1.165, 1.54) is 24.3 Å². The van der Waals surface area contributed by atoms with Crippen molar-refractivity contribution < 1.29 is 39.3 Å². The lowest BCUT2D eigenvalue weighted by atomic mass is 10.0. The molecule has 0 aromatic heterocycles. The predicted octanol–water partition coefficient (Wildman–Crippen LogP) is 0.0375. The van der Waals surface area contributed by atoms with Crippen LogP contribution >= 0.6 is 0 Å². The van der Waals surface area contributed by atoms with Crippen LogP contribution in [0.2, 0.25) is 0 Å². The van der Waals surface area contributed by atoms with Crippen molar-refractivity contribution >= 4 is 29.7 Å². The van der Waals surface area contributed by atoms with E-state index in [9.17, 15) is 39.3 Å². The molecule has 0 saturated heterocycles. The number of phenolic OH excluding ortho intramolecular Hbond substituents is 1. The molecule has 2 aromatic rings. The minimum atomic E-state index is -1.34. The number of carbonyl (C=O) groups is 5. The van der Waals surface area contributed by atoms with Gasteiger partial charge in [0, 0.05) is 12.8 Å². The lowest BCUT2D eigenvalue weighted by Gasteiger charge is -2.25. The molecule has 0 radical (unpaired) electrons. The number of carboxylic acids is 2. The number of carboxylic acid groups (broad SMARTS) is 2. The van der Waals surface area contributed by atoms with E-state index in [4.69, 9.17) is 11.5 Å². The monoisotopic (exact) mass is 585 g/mol. The molecule has 0 aliphatic rings. The van der Waals surface area contributed by atoms with E-state index in [1.807, 2.05) is 6.07 Å². The topological polar surface area (TPSA) is 234 Å². The Morgan fingerprint density at radius 1 is 0.690 bits per heavy atom. The lowest BCUT2D eigenvalue weighted by Crippen LogP contribution is -2.57. The SMILES string of the molecule is NCCCCC(NC(=O)C(Cc1ccc(O)cc1)NC(=O)C(CCC(=O)O)NC(=O)C(N)Cc1ccccc1)C(=O)O. The van der Waals surface area contributed by atoms with E-state index in [0.717, 1.165) is 5.56 Å². The number of nitrogens with two attached hydrogens (primary N) is 2. The van der Waals surface area contributed by atoms with E-state index in [2.05, 4.69) is 16.0 Å². The average molecular weight is 586 g/mol. The highest BCUT2D eigenvalue weighted by Crippen LogP contribution is 2.13. The van der Waals surface area contributed by atoms with Gasteiger partial charge in [0.25, 0.3) is 0 Å². The van der Waals surface area contributed by atoms with Crippen LogP contribution in [0, 0.1) is 0 Å². The fraction of sp³-hybridized carbons (Fsp3) is 0.414. The first-order valence-electron chi connectivity index (χ1n) is 13.6. The van der Waals surface area contributed by atoms with Crippen LogP contribution in [0.5, 0.6) is 5.75 Å². The molecule has 0 aliphatic carbocycles. The molecule has 13 nitrogen and oxygen atoms in total. The smallest absolute Gasteiger partial charge is 0.326 e. The zero-order valence-electron chi connectivity index (χ0n) is 23.2. The summed E-state index contributed by atoms with van der Waals surface area (Å²) < 4.78 is 0. The second kappa shape index (κ2) is 17.4. The van der Waals surface area contributed by atoms with Gasteiger partial charge in [-0.2, -0.15) is 0 Å². The van der Waals surface area contributed by atoms with Crippen LogP contribution < -0.4 is 27.4 Å². The third-order valence-electron chi connectivity index (χ3n) is 6.49. The van der Waals surface area contributed by atoms with Crippen molar-refractivity contribution in [3.05, 3.63) is 65.7 Å². The highest BCUT2D eigenvalue weighted by Gasteiger charge is 2.31. The molecule has 0 saturated carbocycles. The Morgan fingerprint density at radius 2 is 1.26 bits per heavy atom. The second-order valence-electron chi connectivity index (χ2n) is 9.91. The average Bonchev–Trinajstić information content (AvgIpc) is 2.95. The summed E-state index contributed by atoms with van der Waals surface area (Å²) in [5.74, 6) is -4.79. The van der Waals surface area contributed by atoms with Gasteiger partial charge in [-0.05, 0) is 61.9 Å². The molecular formula is C29H39N5O8. The summed E-state index contributed by atoms with van der Waals surface area (Å²) >= 11 is 0. The quantitative estimate of drug-likeness (QED) is 0.109. The highest BCUT2D eigenvalue weighted by molar-refractivity contribution is 5.94. The number of carbonyl (C=O) groups excluding carboxylic acids is 3. The van der Waals surface area contributed by atoms with Crippen molar-refractivity contribution in [3.8, 4) is 5.75 Å². The Labute approximate surface area is 243 Å². The van der Waals surface area contributed by atoms with Crippen molar-refractivity contribution in [2.75, 3.05) is 6.54 Å². The predicted molar refractivity (Wildman–Crippen MR) is 153 cm³/mol. The van der Waals surface area contributed by atoms with Gasteiger partial charge in [-0.15, -0.1) is 0 Å². The van der Waals surface area contributed by atoms with E-state index >= 15 is 0 Å². The number of phenols is 1. The molecule has 4 atom stereocenters. The molecule has 0 bridgehead atoms. The number of aromatic hydroxyl groups is 1. The molecule has 10 N–H and O–H groups in total. The molecule has 13 heteroatoms. The van der Waals surface area contributed by atoms with Crippen LogP contribution in [0.15, 0.2) is 54.6 Å². The van der Waals surface area contributed by atoms with Crippen LogP contribution in [0.25, 0.3) is 0 Å². The molecule has 0 heterocycles. The first kappa shape index (κ1) is 33.7. The van der Waals surface area contributed by atoms with Crippen LogP contribution in [0.4, 0.5) is 0 Å². The van der Waals surface area contributed by atoms with E-state index in [-0.39, 0.29) is 31.4 Å². The van der Waals surface area contributed by atoms with E-state index in [0.29, 0.717) is 24.9 Å². The first-order chi connectivity index (χ1) is 20.0. The minimum absolute atomic E-state index is 0.0158. The Kier molecular flexibility index (Phi) is 13.9. The molecule has 0 fully saturated rings. The van der Waals surface area contributed by atoms with Crippen LogP contribution in [0.1, 0.15) is 43.2 Å². The minimum Gasteiger partial charge on any atom is -0.508 e. The fourth-order valence-corrected chi connectivity index (χ4v) is 4.15. The first-order valence-corrected chi connectivity index (χ1v) is 13.6. The number of unbranched alkanes of at least 4 members (excludes halogenated alkanes) is 1. The van der Waals surface area contributed by atoms with Gasteiger partial charge in [0.15, 0.2) is 0 Å². The molecule has 4 unspecified atom stereocenters. The number of amides is 3. The molecule has 3 amide bonds. The third kappa shape index (κ3) is 11.9. The fourth-order valence-electron chi connectivity index (χ4n) is 4.15. The lowest BCUT2D eigenvalue weighted by molar-refractivity contribution is -0.142. The summed E-state index contributed by atoms with van der Waals surface area (Å²) in [5, 5.41) is 35.9. The van der Waals surface area contributed by atoms with Crippen molar-refractivity contribution in [2.24, 2.45) is 11.5 Å². The zero-order chi connectivity index (χ0) is 31.1. The summed E-state index contributed by atoms with van der Waals surface area (Å²) in [7, 11) is 0. The normalized spacial score (nSPS) is 13.7.